The zero-order valence-electron chi connectivity index (χ0n) is 12.8. The van der Waals surface area contributed by atoms with Gasteiger partial charge in [0.2, 0.25) is 10.0 Å². The predicted molar refractivity (Wildman–Crippen MR) is 79.4 cm³/mol. The van der Waals surface area contributed by atoms with Crippen molar-refractivity contribution >= 4 is 10.0 Å². The van der Waals surface area contributed by atoms with E-state index < -0.39 is 10.0 Å². The molecule has 1 N–H and O–H groups in total. The van der Waals surface area contributed by atoms with E-state index in [9.17, 15) is 8.42 Å². The molecule has 0 aromatic carbocycles. The predicted octanol–water partition coefficient (Wildman–Crippen LogP) is 0.0552. The average Bonchev–Trinajstić information content (AvgIpc) is 2.84. The number of aryl methyl sites for hydroxylation is 1. The number of sulfonamides is 1. The van der Waals surface area contributed by atoms with E-state index in [1.54, 1.807) is 7.05 Å². The zero-order valence-corrected chi connectivity index (χ0v) is 13.6. The van der Waals surface area contributed by atoms with E-state index in [1.807, 2.05) is 0 Å². The summed E-state index contributed by atoms with van der Waals surface area (Å²) in [5, 5.41) is 3.88. The minimum absolute atomic E-state index is 0.107. The molecule has 8 heteroatoms. The molecule has 2 rings (SSSR count). The van der Waals surface area contributed by atoms with Crippen LogP contribution in [-0.4, -0.2) is 62.0 Å². The first kappa shape index (κ1) is 16.4. The molecule has 21 heavy (non-hydrogen) atoms. The van der Waals surface area contributed by atoms with Crippen molar-refractivity contribution in [2.45, 2.75) is 24.8 Å². The Labute approximate surface area is 126 Å². The third-order valence-electron chi connectivity index (χ3n) is 3.34. The second kappa shape index (κ2) is 6.87. The van der Waals surface area contributed by atoms with Crippen molar-refractivity contribution in [3.05, 3.63) is 12.4 Å². The summed E-state index contributed by atoms with van der Waals surface area (Å²) in [4.78, 5) is 2.50. The lowest BCUT2D eigenvalue weighted by Crippen LogP contribution is -2.48. The van der Waals surface area contributed by atoms with E-state index in [1.165, 1.54) is 17.1 Å². The molecule has 1 unspecified atom stereocenters. The number of ether oxygens (including phenoxy) is 1. The third kappa shape index (κ3) is 4.77. The Bertz CT molecular complexity index is 556. The quantitative estimate of drug-likeness (QED) is 0.803. The summed E-state index contributed by atoms with van der Waals surface area (Å²) >= 11 is 0. The molecule has 7 nitrogen and oxygen atoms in total. The number of hydrogen-bond acceptors (Lipinski definition) is 5. The molecule has 0 amide bonds. The molecule has 120 valence electrons. The maximum Gasteiger partial charge on any atom is 0.243 e. The van der Waals surface area contributed by atoms with Crippen molar-refractivity contribution in [3.63, 3.8) is 0 Å². The fraction of sp³-hybridized carbons (Fsp3) is 0.769. The number of morpholine rings is 1. The van der Waals surface area contributed by atoms with Gasteiger partial charge >= 0.3 is 0 Å². The van der Waals surface area contributed by atoms with Gasteiger partial charge in [-0.15, -0.1) is 0 Å². The van der Waals surface area contributed by atoms with Gasteiger partial charge in [0.05, 0.1) is 18.9 Å². The van der Waals surface area contributed by atoms with Gasteiger partial charge in [-0.3, -0.25) is 9.58 Å². The van der Waals surface area contributed by atoms with Gasteiger partial charge < -0.3 is 4.74 Å². The Morgan fingerprint density at radius 1 is 1.52 bits per heavy atom. The third-order valence-corrected chi connectivity index (χ3v) is 4.72. The Hall–Kier alpha value is -0.960. The second-order valence-corrected chi connectivity index (χ2v) is 7.61. The summed E-state index contributed by atoms with van der Waals surface area (Å²) < 4.78 is 33.9. The number of nitrogens with zero attached hydrogens (tertiary/aromatic N) is 3. The topological polar surface area (TPSA) is 76.5 Å². The smallest absolute Gasteiger partial charge is 0.243 e. The summed E-state index contributed by atoms with van der Waals surface area (Å²) in [6, 6.07) is 0. The SMILES string of the molecule is CC(C)CN1CCOC(CNS(=O)(=O)c2cnn(C)c2)C1. The van der Waals surface area contributed by atoms with Crippen LogP contribution in [0.4, 0.5) is 0 Å². The highest BCUT2D eigenvalue weighted by atomic mass is 32.2. The van der Waals surface area contributed by atoms with Gasteiger partial charge in [-0.05, 0) is 5.92 Å². The first-order valence-electron chi connectivity index (χ1n) is 7.19. The van der Waals surface area contributed by atoms with Gasteiger partial charge in [0.25, 0.3) is 0 Å². The number of hydrogen-bond donors (Lipinski definition) is 1. The standard InChI is InChI=1S/C13H24N4O3S/c1-11(2)8-17-4-5-20-12(9-17)6-15-21(18,19)13-7-14-16(3)10-13/h7,10-12,15H,4-6,8-9H2,1-3H3. The number of aromatic nitrogens is 2. The van der Waals surface area contributed by atoms with Gasteiger partial charge in [0, 0.05) is 39.4 Å². The molecular weight excluding hydrogens is 292 g/mol. The summed E-state index contributed by atoms with van der Waals surface area (Å²) in [5.74, 6) is 0.593. The molecule has 1 aliphatic rings. The molecule has 1 aliphatic heterocycles. The molecular formula is C13H24N4O3S. The van der Waals surface area contributed by atoms with Crippen molar-refractivity contribution in [3.8, 4) is 0 Å². The monoisotopic (exact) mass is 316 g/mol. The Morgan fingerprint density at radius 3 is 2.90 bits per heavy atom. The molecule has 2 heterocycles. The van der Waals surface area contributed by atoms with Crippen LogP contribution in [0, 0.1) is 5.92 Å². The fourth-order valence-electron chi connectivity index (χ4n) is 2.41. The van der Waals surface area contributed by atoms with Crippen LogP contribution in [-0.2, 0) is 21.8 Å². The van der Waals surface area contributed by atoms with Crippen LogP contribution >= 0.6 is 0 Å². The van der Waals surface area contributed by atoms with Gasteiger partial charge in [0.1, 0.15) is 4.90 Å². The molecule has 0 radical (unpaired) electrons. The van der Waals surface area contributed by atoms with Crippen molar-refractivity contribution in [1.29, 1.82) is 0 Å². The lowest BCUT2D eigenvalue weighted by molar-refractivity contribution is -0.0280. The molecule has 1 saturated heterocycles. The van der Waals surface area contributed by atoms with Gasteiger partial charge in [-0.2, -0.15) is 5.10 Å². The summed E-state index contributed by atoms with van der Waals surface area (Å²) in [7, 11) is -1.82. The number of nitrogens with one attached hydrogen (secondary N) is 1. The number of rotatable bonds is 6. The Morgan fingerprint density at radius 2 is 2.29 bits per heavy atom. The summed E-state index contributed by atoms with van der Waals surface area (Å²) in [6.07, 6.45) is 2.72. The lowest BCUT2D eigenvalue weighted by Gasteiger charge is -2.33. The highest BCUT2D eigenvalue weighted by molar-refractivity contribution is 7.89. The van der Waals surface area contributed by atoms with Crippen molar-refractivity contribution < 1.29 is 13.2 Å². The molecule has 1 atom stereocenters. The van der Waals surface area contributed by atoms with E-state index in [2.05, 4.69) is 28.6 Å². The van der Waals surface area contributed by atoms with Crippen LogP contribution < -0.4 is 4.72 Å². The van der Waals surface area contributed by atoms with E-state index >= 15 is 0 Å². The molecule has 1 fully saturated rings. The fourth-order valence-corrected chi connectivity index (χ4v) is 3.46. The van der Waals surface area contributed by atoms with E-state index in [4.69, 9.17) is 4.74 Å². The largest absolute Gasteiger partial charge is 0.374 e. The van der Waals surface area contributed by atoms with Crippen LogP contribution in [0.2, 0.25) is 0 Å². The van der Waals surface area contributed by atoms with Crippen molar-refractivity contribution in [2.75, 3.05) is 32.8 Å². The molecule has 0 aliphatic carbocycles. The maximum absolute atomic E-state index is 12.1. The maximum atomic E-state index is 12.1. The first-order valence-corrected chi connectivity index (χ1v) is 8.67. The Balaban J connectivity index is 1.87. The van der Waals surface area contributed by atoms with Crippen LogP contribution in [0.25, 0.3) is 0 Å². The van der Waals surface area contributed by atoms with Crippen LogP contribution in [0.5, 0.6) is 0 Å². The van der Waals surface area contributed by atoms with E-state index in [0.717, 1.165) is 19.6 Å². The van der Waals surface area contributed by atoms with E-state index in [-0.39, 0.29) is 17.5 Å². The van der Waals surface area contributed by atoms with Crippen molar-refractivity contribution in [2.24, 2.45) is 13.0 Å². The molecule has 0 spiro atoms. The Kier molecular flexibility index (Phi) is 5.37. The van der Waals surface area contributed by atoms with Crippen LogP contribution in [0.1, 0.15) is 13.8 Å². The second-order valence-electron chi connectivity index (χ2n) is 5.85. The van der Waals surface area contributed by atoms with Crippen molar-refractivity contribution in [1.82, 2.24) is 19.4 Å². The normalized spacial score (nSPS) is 21.0. The van der Waals surface area contributed by atoms with Gasteiger partial charge in [-0.1, -0.05) is 13.8 Å². The first-order chi connectivity index (χ1) is 9.87. The highest BCUT2D eigenvalue weighted by Gasteiger charge is 2.23. The van der Waals surface area contributed by atoms with Crippen LogP contribution in [0.3, 0.4) is 0 Å². The van der Waals surface area contributed by atoms with Crippen LogP contribution in [0.15, 0.2) is 17.3 Å². The van der Waals surface area contributed by atoms with Gasteiger partial charge in [-0.25, -0.2) is 13.1 Å². The summed E-state index contributed by atoms with van der Waals surface area (Å²) in [5.41, 5.74) is 0. The molecule has 1 aromatic heterocycles. The molecule has 1 aromatic rings. The minimum Gasteiger partial charge on any atom is -0.374 e. The van der Waals surface area contributed by atoms with Gasteiger partial charge in [0.15, 0.2) is 0 Å². The summed E-state index contributed by atoms with van der Waals surface area (Å²) in [6.45, 7) is 7.95. The minimum atomic E-state index is -3.51. The molecule has 0 bridgehead atoms. The highest BCUT2D eigenvalue weighted by Crippen LogP contribution is 2.10. The lowest BCUT2D eigenvalue weighted by atomic mass is 10.2. The average molecular weight is 316 g/mol. The van der Waals surface area contributed by atoms with E-state index in [0.29, 0.717) is 12.5 Å². The zero-order chi connectivity index (χ0) is 15.5. The molecule has 0 saturated carbocycles.